The van der Waals surface area contributed by atoms with E-state index in [-0.39, 0.29) is 11.5 Å². The van der Waals surface area contributed by atoms with Gasteiger partial charge in [0.25, 0.3) is 0 Å². The Morgan fingerprint density at radius 1 is 1.32 bits per heavy atom. The predicted molar refractivity (Wildman–Crippen MR) is 80.5 cm³/mol. The fraction of sp³-hybridized carbons (Fsp3) is 0.714. The van der Waals surface area contributed by atoms with Crippen LogP contribution >= 0.6 is 15.9 Å². The molecule has 1 aromatic rings. The molecule has 0 bridgehead atoms. The zero-order chi connectivity index (χ0) is 14.2. The minimum absolute atomic E-state index is 0.0333. The Kier molecular flexibility index (Phi) is 4.16. The number of nitrogens with zero attached hydrogens (tertiary/aromatic N) is 2. The summed E-state index contributed by atoms with van der Waals surface area (Å²) in [5, 5.41) is 3.14. The highest BCUT2D eigenvalue weighted by atomic mass is 79.9. The lowest BCUT2D eigenvalue weighted by Crippen LogP contribution is -2.23. The molecule has 1 aromatic heterocycles. The molecule has 1 atom stereocenters. The number of anilines is 1. The topological polar surface area (TPSA) is 47.0 Å². The van der Waals surface area contributed by atoms with Gasteiger partial charge in [-0.1, -0.05) is 20.8 Å². The molecular weight excluding hydrogens is 306 g/mol. The molecule has 0 saturated heterocycles. The van der Waals surface area contributed by atoms with E-state index in [1.165, 1.54) is 12.8 Å². The maximum atomic E-state index is 5.63. The summed E-state index contributed by atoms with van der Waals surface area (Å²) < 4.78 is 6.62. The van der Waals surface area contributed by atoms with Crippen LogP contribution in [0.5, 0.6) is 0 Å². The van der Waals surface area contributed by atoms with Crippen molar-refractivity contribution in [3.63, 3.8) is 0 Å². The van der Waals surface area contributed by atoms with Gasteiger partial charge in [0.1, 0.15) is 11.9 Å². The van der Waals surface area contributed by atoms with Gasteiger partial charge in [-0.05, 0) is 34.2 Å². The second kappa shape index (κ2) is 5.37. The molecule has 1 heterocycles. The number of hydrogen-bond acceptors (Lipinski definition) is 4. The molecule has 0 radical (unpaired) electrons. The number of nitrogens with one attached hydrogen (secondary N) is 1. The monoisotopic (exact) mass is 327 g/mol. The van der Waals surface area contributed by atoms with Crippen molar-refractivity contribution in [1.82, 2.24) is 9.97 Å². The Morgan fingerprint density at radius 2 is 1.95 bits per heavy atom. The van der Waals surface area contributed by atoms with Crippen molar-refractivity contribution < 1.29 is 4.74 Å². The number of hydrogen-bond donors (Lipinski definition) is 1. The quantitative estimate of drug-likeness (QED) is 0.911. The molecule has 1 saturated carbocycles. The van der Waals surface area contributed by atoms with E-state index in [1.54, 1.807) is 7.11 Å². The van der Waals surface area contributed by atoms with Gasteiger partial charge < -0.3 is 10.1 Å². The van der Waals surface area contributed by atoms with Crippen molar-refractivity contribution in [3.8, 4) is 0 Å². The first-order valence-electron chi connectivity index (χ1n) is 6.66. The summed E-state index contributed by atoms with van der Waals surface area (Å²) in [7, 11) is 3.60. The lowest BCUT2D eigenvalue weighted by Gasteiger charge is -2.28. The van der Waals surface area contributed by atoms with Crippen LogP contribution in [0.2, 0.25) is 0 Å². The van der Waals surface area contributed by atoms with Crippen LogP contribution in [0.1, 0.15) is 57.2 Å². The molecule has 106 valence electrons. The third kappa shape index (κ3) is 3.08. The summed E-state index contributed by atoms with van der Waals surface area (Å²) in [5.74, 6) is 2.18. The zero-order valence-electron chi connectivity index (χ0n) is 12.2. The molecule has 1 fully saturated rings. The highest BCUT2D eigenvalue weighted by Gasteiger charge is 2.33. The summed E-state index contributed by atoms with van der Waals surface area (Å²) in [6.45, 7) is 6.42. The van der Waals surface area contributed by atoms with Gasteiger partial charge in [0, 0.05) is 20.1 Å². The minimum Gasteiger partial charge on any atom is -0.373 e. The summed E-state index contributed by atoms with van der Waals surface area (Å²) >= 11 is 3.61. The van der Waals surface area contributed by atoms with Gasteiger partial charge in [0.15, 0.2) is 5.82 Å². The average molecular weight is 328 g/mol. The third-order valence-corrected chi connectivity index (χ3v) is 4.13. The molecule has 0 amide bonds. The van der Waals surface area contributed by atoms with Crippen LogP contribution in [0.15, 0.2) is 4.47 Å². The van der Waals surface area contributed by atoms with Crippen LogP contribution in [0.25, 0.3) is 0 Å². The van der Waals surface area contributed by atoms with Crippen molar-refractivity contribution in [1.29, 1.82) is 0 Å². The van der Waals surface area contributed by atoms with E-state index < -0.39 is 0 Å². The van der Waals surface area contributed by atoms with Gasteiger partial charge in [-0.25, -0.2) is 9.97 Å². The van der Waals surface area contributed by atoms with Gasteiger partial charge in [-0.3, -0.25) is 0 Å². The number of rotatable bonds is 4. The van der Waals surface area contributed by atoms with E-state index in [0.717, 1.165) is 21.8 Å². The normalized spacial score (nSPS) is 17.4. The SMILES string of the molecule is CNc1nc(C(OC)C(C)(C)C)nc(C2CC2)c1Br. The van der Waals surface area contributed by atoms with E-state index in [2.05, 4.69) is 47.0 Å². The van der Waals surface area contributed by atoms with Crippen LogP contribution in [0.4, 0.5) is 5.82 Å². The van der Waals surface area contributed by atoms with Gasteiger partial charge in [-0.15, -0.1) is 0 Å². The van der Waals surface area contributed by atoms with E-state index >= 15 is 0 Å². The second-order valence-corrected chi connectivity index (χ2v) is 6.93. The molecule has 0 spiro atoms. The van der Waals surface area contributed by atoms with E-state index in [1.807, 2.05) is 7.05 Å². The van der Waals surface area contributed by atoms with Crippen LogP contribution in [-0.4, -0.2) is 24.1 Å². The van der Waals surface area contributed by atoms with E-state index in [0.29, 0.717) is 5.92 Å². The van der Waals surface area contributed by atoms with Crippen molar-refractivity contribution >= 4 is 21.7 Å². The lowest BCUT2D eigenvalue weighted by molar-refractivity contribution is 0.00858. The third-order valence-electron chi connectivity index (χ3n) is 3.35. The van der Waals surface area contributed by atoms with Crippen LogP contribution < -0.4 is 5.32 Å². The Bertz CT molecular complexity index is 466. The Labute approximate surface area is 123 Å². The van der Waals surface area contributed by atoms with Crippen molar-refractivity contribution in [2.24, 2.45) is 5.41 Å². The molecule has 0 aromatic carbocycles. The van der Waals surface area contributed by atoms with E-state index in [9.17, 15) is 0 Å². The summed E-state index contributed by atoms with van der Waals surface area (Å²) in [6.07, 6.45) is 2.32. The molecule has 2 rings (SSSR count). The fourth-order valence-corrected chi connectivity index (χ4v) is 2.94. The van der Waals surface area contributed by atoms with Crippen LogP contribution in [0, 0.1) is 5.41 Å². The molecule has 19 heavy (non-hydrogen) atoms. The Balaban J connectivity index is 2.48. The molecule has 1 unspecified atom stereocenters. The van der Waals surface area contributed by atoms with Crippen molar-refractivity contribution in [2.75, 3.05) is 19.5 Å². The minimum atomic E-state index is -0.106. The standard InChI is InChI=1S/C14H22BrN3O/c1-14(2,3)11(19-5)13-17-10(8-6-7-8)9(15)12(16-4)18-13/h8,11H,6-7H2,1-5H3,(H,16,17,18). The predicted octanol–water partition coefficient (Wildman–Crippen LogP) is 3.89. The van der Waals surface area contributed by atoms with E-state index in [4.69, 9.17) is 9.72 Å². The van der Waals surface area contributed by atoms with Crippen LogP contribution in [0.3, 0.4) is 0 Å². The highest BCUT2D eigenvalue weighted by Crippen LogP contribution is 2.45. The van der Waals surface area contributed by atoms with Crippen LogP contribution in [-0.2, 0) is 4.74 Å². The smallest absolute Gasteiger partial charge is 0.160 e. The molecule has 4 nitrogen and oxygen atoms in total. The Morgan fingerprint density at radius 3 is 2.37 bits per heavy atom. The number of ether oxygens (including phenoxy) is 1. The molecule has 0 aliphatic heterocycles. The molecule has 1 aliphatic rings. The molecule has 5 heteroatoms. The number of aromatic nitrogens is 2. The second-order valence-electron chi connectivity index (χ2n) is 6.14. The fourth-order valence-electron chi connectivity index (χ4n) is 2.24. The zero-order valence-corrected chi connectivity index (χ0v) is 13.8. The van der Waals surface area contributed by atoms with Gasteiger partial charge in [0.2, 0.25) is 0 Å². The summed E-state index contributed by atoms with van der Waals surface area (Å²) in [4.78, 5) is 9.36. The van der Waals surface area contributed by atoms with Crippen molar-refractivity contribution in [3.05, 3.63) is 16.0 Å². The van der Waals surface area contributed by atoms with Gasteiger partial charge >= 0.3 is 0 Å². The summed E-state index contributed by atoms with van der Waals surface area (Å²) in [5.41, 5.74) is 1.08. The maximum Gasteiger partial charge on any atom is 0.160 e. The maximum absolute atomic E-state index is 5.63. The molecule has 1 N–H and O–H groups in total. The molecule has 1 aliphatic carbocycles. The summed E-state index contributed by atoms with van der Waals surface area (Å²) in [6, 6.07) is 0. The average Bonchev–Trinajstić information content (AvgIpc) is 3.14. The number of halogens is 1. The van der Waals surface area contributed by atoms with Crippen molar-refractivity contribution in [2.45, 2.75) is 45.6 Å². The molecular formula is C14H22BrN3O. The highest BCUT2D eigenvalue weighted by molar-refractivity contribution is 9.10. The van der Waals surface area contributed by atoms with Gasteiger partial charge in [0.05, 0.1) is 10.2 Å². The Hall–Kier alpha value is -0.680. The first-order chi connectivity index (χ1) is 8.88. The first-order valence-corrected chi connectivity index (χ1v) is 7.45. The largest absolute Gasteiger partial charge is 0.373 e. The number of methoxy groups -OCH3 is 1. The van der Waals surface area contributed by atoms with Gasteiger partial charge in [-0.2, -0.15) is 0 Å². The first kappa shape index (κ1) is 14.7. The lowest BCUT2D eigenvalue weighted by atomic mass is 9.88.